The summed E-state index contributed by atoms with van der Waals surface area (Å²) in [5.74, 6) is 0.301. The van der Waals surface area contributed by atoms with Gasteiger partial charge in [-0.2, -0.15) is 0 Å². The fraction of sp³-hybridized carbons (Fsp3) is 0.353. The Morgan fingerprint density at radius 2 is 2.10 bits per heavy atom. The highest BCUT2D eigenvalue weighted by atomic mass is 33.1. The Bertz CT molecular complexity index is 1020. The van der Waals surface area contributed by atoms with Crippen LogP contribution in [0.2, 0.25) is 0 Å². The van der Waals surface area contributed by atoms with Gasteiger partial charge in [-0.05, 0) is 24.8 Å². The molecular weight excluding hydrogens is 433 g/mol. The van der Waals surface area contributed by atoms with Crippen molar-refractivity contribution in [1.29, 1.82) is 0 Å². The number of nitrogens with two attached hydrogens (primary N) is 1. The molecule has 3 aromatic rings. The molecular formula is C17H22N5O4PS2. The van der Waals surface area contributed by atoms with Gasteiger partial charge >= 0.3 is 7.60 Å². The van der Waals surface area contributed by atoms with Crippen molar-refractivity contribution in [2.45, 2.75) is 31.1 Å². The number of hydrogen-bond acceptors (Lipinski definition) is 9. The van der Waals surface area contributed by atoms with E-state index in [1.54, 1.807) is 39.4 Å². The van der Waals surface area contributed by atoms with E-state index in [-0.39, 0.29) is 12.7 Å². The summed E-state index contributed by atoms with van der Waals surface area (Å²) in [5.41, 5.74) is 7.73. The Kier molecular flexibility index (Phi) is 7.55. The molecule has 29 heavy (non-hydrogen) atoms. The molecule has 0 aliphatic carbocycles. The molecule has 2 unspecified atom stereocenters. The number of fused-ring (bicyclic) bond motifs is 1. The van der Waals surface area contributed by atoms with Crippen LogP contribution < -0.4 is 5.73 Å². The summed E-state index contributed by atoms with van der Waals surface area (Å²) in [6.07, 6.45) is 4.15. The lowest BCUT2D eigenvalue weighted by Crippen LogP contribution is -2.17. The second kappa shape index (κ2) is 9.92. The first-order valence-corrected chi connectivity index (χ1v) is 13.0. The molecule has 156 valence electrons. The van der Waals surface area contributed by atoms with Gasteiger partial charge in [-0.1, -0.05) is 39.8 Å². The van der Waals surface area contributed by atoms with Gasteiger partial charge in [0, 0.05) is 4.90 Å². The van der Waals surface area contributed by atoms with Gasteiger partial charge in [0.2, 0.25) is 0 Å². The van der Waals surface area contributed by atoms with E-state index >= 15 is 0 Å². The second-order valence-corrected chi connectivity index (χ2v) is 10.4. The number of rotatable bonds is 10. The lowest BCUT2D eigenvalue weighted by molar-refractivity contribution is 0.0708. The number of imidazole rings is 1. The first kappa shape index (κ1) is 22.1. The molecule has 3 N–H and O–H groups in total. The third-order valence-electron chi connectivity index (χ3n) is 3.97. The molecule has 0 amide bonds. The maximum atomic E-state index is 12.4. The first-order chi connectivity index (χ1) is 13.9. The zero-order chi connectivity index (χ0) is 20.9. The van der Waals surface area contributed by atoms with Gasteiger partial charge in [-0.25, -0.2) is 15.0 Å². The van der Waals surface area contributed by atoms with Crippen molar-refractivity contribution in [2.75, 3.05) is 18.3 Å². The highest BCUT2D eigenvalue weighted by Crippen LogP contribution is 2.44. The molecule has 0 aliphatic heterocycles. The lowest BCUT2D eigenvalue weighted by Gasteiger charge is -2.18. The van der Waals surface area contributed by atoms with E-state index in [1.165, 1.54) is 6.33 Å². The quantitative estimate of drug-likeness (QED) is 0.346. The topological polar surface area (TPSA) is 125 Å². The van der Waals surface area contributed by atoms with Gasteiger partial charge in [0.25, 0.3) is 0 Å². The minimum absolute atomic E-state index is 0.0393. The average Bonchev–Trinajstić information content (AvgIpc) is 3.10. The Morgan fingerprint density at radius 1 is 1.31 bits per heavy atom. The zero-order valence-electron chi connectivity index (χ0n) is 16.0. The van der Waals surface area contributed by atoms with E-state index in [4.69, 9.17) is 15.0 Å². The van der Waals surface area contributed by atoms with Crippen LogP contribution in [0.5, 0.6) is 0 Å². The molecule has 0 fully saturated rings. The first-order valence-electron chi connectivity index (χ1n) is 8.67. The Balaban J connectivity index is 1.54. The van der Waals surface area contributed by atoms with Crippen LogP contribution in [0.4, 0.5) is 5.82 Å². The van der Waals surface area contributed by atoms with Crippen LogP contribution in [0, 0.1) is 0 Å². The molecule has 0 saturated heterocycles. The summed E-state index contributed by atoms with van der Waals surface area (Å²) in [4.78, 5) is 23.4. The number of anilines is 1. The minimum atomic E-state index is -3.91. The predicted molar refractivity (Wildman–Crippen MR) is 116 cm³/mol. The smallest absolute Gasteiger partial charge is 0.353 e. The fourth-order valence-electron chi connectivity index (χ4n) is 2.59. The Hall–Kier alpha value is -1.62. The van der Waals surface area contributed by atoms with Gasteiger partial charge in [-0.15, -0.1) is 0 Å². The van der Waals surface area contributed by atoms with Crippen LogP contribution in [0.25, 0.3) is 11.2 Å². The molecule has 0 saturated carbocycles. The van der Waals surface area contributed by atoms with Gasteiger partial charge in [-0.3, -0.25) is 4.57 Å². The molecule has 0 bridgehead atoms. The van der Waals surface area contributed by atoms with E-state index in [2.05, 4.69) is 15.0 Å². The number of nitrogens with zero attached hydrogens (tertiary/aromatic N) is 4. The number of ether oxygens (including phenoxy) is 1. The van der Waals surface area contributed by atoms with Crippen LogP contribution in [0.15, 0.2) is 41.8 Å². The predicted octanol–water partition coefficient (Wildman–Crippen LogP) is 3.54. The molecule has 2 aromatic heterocycles. The minimum Gasteiger partial charge on any atom is -0.382 e. The fourth-order valence-corrected chi connectivity index (χ4v) is 5.02. The summed E-state index contributed by atoms with van der Waals surface area (Å²) >= 11 is 0. The molecule has 12 heteroatoms. The highest BCUT2D eigenvalue weighted by molar-refractivity contribution is 8.76. The maximum Gasteiger partial charge on any atom is 0.353 e. The number of hydrogen-bond donors (Lipinski definition) is 2. The van der Waals surface area contributed by atoms with E-state index in [1.807, 2.05) is 30.5 Å². The van der Waals surface area contributed by atoms with Gasteiger partial charge in [0.05, 0.1) is 25.6 Å². The van der Waals surface area contributed by atoms with E-state index in [0.717, 1.165) is 10.5 Å². The van der Waals surface area contributed by atoms with Crippen molar-refractivity contribution >= 4 is 46.2 Å². The van der Waals surface area contributed by atoms with Crippen LogP contribution >= 0.6 is 29.2 Å². The van der Waals surface area contributed by atoms with Crippen molar-refractivity contribution in [1.82, 2.24) is 19.5 Å². The molecule has 3 rings (SSSR count). The zero-order valence-corrected chi connectivity index (χ0v) is 18.5. The van der Waals surface area contributed by atoms with Crippen LogP contribution in [0.1, 0.15) is 12.5 Å². The number of benzene rings is 1. The van der Waals surface area contributed by atoms with Gasteiger partial charge in [0.15, 0.2) is 11.5 Å². The SMILES string of the molecule is CSSc1ccccc1COP(=O)(O)COC(C)Cn1cnc2c(N)ncnc21. The molecule has 2 atom stereocenters. The summed E-state index contributed by atoms with van der Waals surface area (Å²) in [7, 11) is -0.724. The summed E-state index contributed by atoms with van der Waals surface area (Å²) in [6, 6.07) is 7.62. The maximum absolute atomic E-state index is 12.4. The summed E-state index contributed by atoms with van der Waals surface area (Å²) in [5, 5.41) is 0. The summed E-state index contributed by atoms with van der Waals surface area (Å²) < 4.78 is 25.0. The molecule has 1 aromatic carbocycles. The number of aromatic nitrogens is 4. The number of nitrogen functional groups attached to an aromatic ring is 1. The summed E-state index contributed by atoms with van der Waals surface area (Å²) in [6.45, 7) is 2.22. The molecule has 9 nitrogen and oxygen atoms in total. The molecule has 0 spiro atoms. The standard InChI is InChI=1S/C17H22N5O4PS2/c1-12(7-22-10-21-15-16(18)19-9-20-17(15)22)25-11-27(23,24)26-8-13-5-3-4-6-14(13)29-28-2/h3-6,9-10,12H,7-8,11H2,1-2H3,(H,23,24)(H2,18,19,20). The normalized spacial score (nSPS) is 14.7. The van der Waals surface area contributed by atoms with Crippen LogP contribution in [-0.4, -0.2) is 43.1 Å². The van der Waals surface area contributed by atoms with Crippen molar-refractivity contribution in [3.05, 3.63) is 42.5 Å². The largest absolute Gasteiger partial charge is 0.382 e. The van der Waals surface area contributed by atoms with Crippen LogP contribution in [0.3, 0.4) is 0 Å². The second-order valence-electron chi connectivity index (χ2n) is 6.20. The third-order valence-corrected chi connectivity index (χ3v) is 6.76. The van der Waals surface area contributed by atoms with Crippen molar-refractivity contribution in [3.63, 3.8) is 0 Å². The van der Waals surface area contributed by atoms with Crippen molar-refractivity contribution in [2.24, 2.45) is 0 Å². The highest BCUT2D eigenvalue weighted by Gasteiger charge is 2.22. The van der Waals surface area contributed by atoms with Crippen molar-refractivity contribution < 1.29 is 18.7 Å². The van der Waals surface area contributed by atoms with Gasteiger partial charge < -0.3 is 24.5 Å². The lowest BCUT2D eigenvalue weighted by atomic mass is 10.2. The third kappa shape index (κ3) is 5.94. The van der Waals surface area contributed by atoms with E-state index in [0.29, 0.717) is 23.5 Å². The molecule has 0 aliphatic rings. The van der Waals surface area contributed by atoms with Crippen LogP contribution in [-0.2, 0) is 27.0 Å². The molecule has 2 heterocycles. The van der Waals surface area contributed by atoms with E-state index in [9.17, 15) is 9.46 Å². The Labute approximate surface area is 176 Å². The average molecular weight is 456 g/mol. The van der Waals surface area contributed by atoms with E-state index < -0.39 is 13.9 Å². The molecule has 0 radical (unpaired) electrons. The monoisotopic (exact) mass is 455 g/mol. The Morgan fingerprint density at radius 3 is 2.90 bits per heavy atom. The van der Waals surface area contributed by atoms with Gasteiger partial charge in [0.1, 0.15) is 18.2 Å². The van der Waals surface area contributed by atoms with Crippen molar-refractivity contribution in [3.8, 4) is 0 Å².